The first-order valence-electron chi connectivity index (χ1n) is 8.75. The molecule has 0 spiro atoms. The van der Waals surface area contributed by atoms with Crippen molar-refractivity contribution in [1.82, 2.24) is 5.32 Å². The number of rotatable bonds is 8. The molecule has 0 bridgehead atoms. The van der Waals surface area contributed by atoms with E-state index in [1.807, 2.05) is 0 Å². The molecule has 0 heterocycles. The molecule has 1 aliphatic carbocycles. The van der Waals surface area contributed by atoms with E-state index < -0.39 is 29.7 Å². The van der Waals surface area contributed by atoms with Crippen LogP contribution in [0.15, 0.2) is 24.3 Å². The lowest BCUT2D eigenvalue weighted by atomic mass is 9.78. The summed E-state index contributed by atoms with van der Waals surface area (Å²) in [6.45, 7) is -0.142. The molecule has 0 atom stereocenters. The number of ether oxygens (including phenoxy) is 2. The molecule has 1 saturated carbocycles. The third-order valence-corrected chi connectivity index (χ3v) is 4.68. The summed E-state index contributed by atoms with van der Waals surface area (Å²) in [5, 5.41) is 2.57. The second-order valence-corrected chi connectivity index (χ2v) is 6.37. The van der Waals surface area contributed by atoms with Crippen LogP contribution in [-0.2, 0) is 29.3 Å². The van der Waals surface area contributed by atoms with Gasteiger partial charge >= 0.3 is 11.9 Å². The Balaban J connectivity index is 1.88. The first-order chi connectivity index (χ1) is 12.5. The third-order valence-electron chi connectivity index (χ3n) is 4.68. The first-order valence-corrected chi connectivity index (χ1v) is 8.75. The fourth-order valence-electron chi connectivity index (χ4n) is 3.29. The van der Waals surface area contributed by atoms with Crippen LogP contribution in [-0.4, -0.2) is 38.1 Å². The Labute approximate surface area is 152 Å². The molecule has 0 aliphatic heterocycles. The topological polar surface area (TPSA) is 81.7 Å². The summed E-state index contributed by atoms with van der Waals surface area (Å²) in [7, 11) is 1.30. The molecule has 1 aromatic carbocycles. The second-order valence-electron chi connectivity index (χ2n) is 6.37. The van der Waals surface area contributed by atoms with Crippen molar-refractivity contribution in [3.8, 4) is 0 Å². The van der Waals surface area contributed by atoms with Crippen molar-refractivity contribution < 1.29 is 28.2 Å². The molecule has 2 rings (SSSR count). The van der Waals surface area contributed by atoms with E-state index in [4.69, 9.17) is 4.74 Å². The molecule has 0 unspecified atom stereocenters. The number of esters is 2. The summed E-state index contributed by atoms with van der Waals surface area (Å²) in [5.41, 5.74) is -0.683. The van der Waals surface area contributed by atoms with Gasteiger partial charge in [-0.25, -0.2) is 4.39 Å². The van der Waals surface area contributed by atoms with E-state index in [2.05, 4.69) is 10.1 Å². The summed E-state index contributed by atoms with van der Waals surface area (Å²) >= 11 is 0. The first kappa shape index (κ1) is 19.9. The molecule has 1 aliphatic rings. The van der Waals surface area contributed by atoms with Gasteiger partial charge in [0, 0.05) is 18.5 Å². The van der Waals surface area contributed by atoms with E-state index in [9.17, 15) is 18.8 Å². The van der Waals surface area contributed by atoms with Crippen LogP contribution in [0.25, 0.3) is 0 Å². The van der Waals surface area contributed by atoms with Gasteiger partial charge in [-0.15, -0.1) is 0 Å². The highest BCUT2D eigenvalue weighted by Gasteiger charge is 2.45. The Morgan fingerprint density at radius 3 is 2.54 bits per heavy atom. The number of hydrogen-bond donors (Lipinski definition) is 1. The summed E-state index contributed by atoms with van der Waals surface area (Å²) < 4.78 is 23.9. The Morgan fingerprint density at radius 1 is 1.19 bits per heavy atom. The van der Waals surface area contributed by atoms with E-state index in [-0.39, 0.29) is 18.9 Å². The predicted octanol–water partition coefficient (Wildman–Crippen LogP) is 2.25. The van der Waals surface area contributed by atoms with Crippen molar-refractivity contribution in [3.63, 3.8) is 0 Å². The van der Waals surface area contributed by atoms with Gasteiger partial charge in [0.05, 0.1) is 12.5 Å². The molecule has 1 fully saturated rings. The van der Waals surface area contributed by atoms with E-state index in [0.29, 0.717) is 24.8 Å². The van der Waals surface area contributed by atoms with Crippen molar-refractivity contribution in [3.05, 3.63) is 35.6 Å². The van der Waals surface area contributed by atoms with Crippen LogP contribution in [0, 0.1) is 5.82 Å². The highest BCUT2D eigenvalue weighted by Crippen LogP contribution is 2.43. The maximum Gasteiger partial charge on any atom is 0.317 e. The minimum atomic E-state index is -1.02. The fraction of sp³-hybridized carbons (Fsp3) is 0.526. The second kappa shape index (κ2) is 9.31. The van der Waals surface area contributed by atoms with Gasteiger partial charge < -0.3 is 14.8 Å². The molecule has 1 aromatic rings. The monoisotopic (exact) mass is 365 g/mol. The van der Waals surface area contributed by atoms with Gasteiger partial charge in [0.2, 0.25) is 0 Å². The quantitative estimate of drug-likeness (QED) is 0.564. The van der Waals surface area contributed by atoms with Crippen LogP contribution in [0.4, 0.5) is 4.39 Å². The third kappa shape index (κ3) is 4.80. The molecular formula is C19H24FNO5. The van der Waals surface area contributed by atoms with Gasteiger partial charge in [-0.3, -0.25) is 14.4 Å². The molecule has 6 nitrogen and oxygen atoms in total. The molecule has 0 aromatic heterocycles. The normalized spacial score (nSPS) is 15.3. The molecule has 26 heavy (non-hydrogen) atoms. The molecule has 1 amide bonds. The van der Waals surface area contributed by atoms with Gasteiger partial charge in [0.25, 0.3) is 5.91 Å². The zero-order valence-corrected chi connectivity index (χ0v) is 14.9. The standard InChI is InChI=1S/C19H24FNO5/c1-25-17(23)9-6-12-21-16(22)13-26-18(24)19(10-4-5-11-19)14-7-2-3-8-15(14)20/h2-3,7-8H,4-6,9-13H2,1H3,(H,21,22). The van der Waals surface area contributed by atoms with Gasteiger partial charge in [-0.1, -0.05) is 31.0 Å². The zero-order chi connectivity index (χ0) is 19.0. The van der Waals surface area contributed by atoms with Crippen LogP contribution in [0.5, 0.6) is 0 Å². The number of halogens is 1. The van der Waals surface area contributed by atoms with Crippen LogP contribution in [0.3, 0.4) is 0 Å². The lowest BCUT2D eigenvalue weighted by molar-refractivity contribution is -0.154. The number of methoxy groups -OCH3 is 1. The predicted molar refractivity (Wildman–Crippen MR) is 91.8 cm³/mol. The van der Waals surface area contributed by atoms with Crippen molar-refractivity contribution >= 4 is 17.8 Å². The summed E-state index contributed by atoms with van der Waals surface area (Å²) in [6.07, 6.45) is 3.27. The highest BCUT2D eigenvalue weighted by atomic mass is 19.1. The van der Waals surface area contributed by atoms with Crippen molar-refractivity contribution in [2.45, 2.75) is 43.9 Å². The number of carbonyl (C=O) groups is 3. The van der Waals surface area contributed by atoms with E-state index in [1.54, 1.807) is 18.2 Å². The largest absolute Gasteiger partial charge is 0.469 e. The van der Waals surface area contributed by atoms with Crippen LogP contribution in [0.1, 0.15) is 44.1 Å². The number of hydrogen-bond acceptors (Lipinski definition) is 5. The number of nitrogens with one attached hydrogen (secondary N) is 1. The highest BCUT2D eigenvalue weighted by molar-refractivity contribution is 5.86. The lowest BCUT2D eigenvalue weighted by Crippen LogP contribution is -2.38. The van der Waals surface area contributed by atoms with Gasteiger partial charge in [-0.05, 0) is 25.3 Å². The van der Waals surface area contributed by atoms with Crippen LogP contribution in [0.2, 0.25) is 0 Å². The minimum Gasteiger partial charge on any atom is -0.469 e. The number of carbonyl (C=O) groups excluding carboxylic acids is 3. The van der Waals surface area contributed by atoms with Gasteiger partial charge in [0.1, 0.15) is 5.82 Å². The lowest BCUT2D eigenvalue weighted by Gasteiger charge is -2.27. The number of benzene rings is 1. The van der Waals surface area contributed by atoms with E-state index >= 15 is 0 Å². The molecular weight excluding hydrogens is 341 g/mol. The fourth-order valence-corrected chi connectivity index (χ4v) is 3.29. The SMILES string of the molecule is COC(=O)CCCNC(=O)COC(=O)C1(c2ccccc2F)CCCC1. The average molecular weight is 365 g/mol. The molecule has 142 valence electrons. The summed E-state index contributed by atoms with van der Waals surface area (Å²) in [5.74, 6) is -1.80. The van der Waals surface area contributed by atoms with E-state index in [0.717, 1.165) is 12.8 Å². The van der Waals surface area contributed by atoms with Crippen LogP contribution < -0.4 is 5.32 Å². The van der Waals surface area contributed by atoms with Gasteiger partial charge in [-0.2, -0.15) is 0 Å². The molecule has 0 saturated heterocycles. The Bertz CT molecular complexity index is 655. The molecule has 0 radical (unpaired) electrons. The van der Waals surface area contributed by atoms with Crippen molar-refractivity contribution in [1.29, 1.82) is 0 Å². The Kier molecular flexibility index (Phi) is 7.12. The Hall–Kier alpha value is -2.44. The minimum absolute atomic E-state index is 0.201. The Morgan fingerprint density at radius 2 is 1.88 bits per heavy atom. The van der Waals surface area contributed by atoms with E-state index in [1.165, 1.54) is 13.2 Å². The average Bonchev–Trinajstić information content (AvgIpc) is 3.14. The van der Waals surface area contributed by atoms with Crippen molar-refractivity contribution in [2.24, 2.45) is 0 Å². The maximum absolute atomic E-state index is 14.2. The van der Waals surface area contributed by atoms with Crippen LogP contribution >= 0.6 is 0 Å². The molecule has 7 heteroatoms. The summed E-state index contributed by atoms with van der Waals surface area (Å²) in [4.78, 5) is 35.4. The maximum atomic E-state index is 14.2. The number of amides is 1. The zero-order valence-electron chi connectivity index (χ0n) is 14.9. The van der Waals surface area contributed by atoms with Gasteiger partial charge in [0.15, 0.2) is 6.61 Å². The summed E-state index contributed by atoms with van der Waals surface area (Å²) in [6, 6.07) is 6.21. The smallest absolute Gasteiger partial charge is 0.317 e. The molecule has 1 N–H and O–H groups in total. The van der Waals surface area contributed by atoms with Crippen molar-refractivity contribution in [2.75, 3.05) is 20.3 Å².